The molecule has 0 saturated carbocycles. The number of sulfonamides is 1. The van der Waals surface area contributed by atoms with Gasteiger partial charge in [-0.2, -0.15) is 4.72 Å². The van der Waals surface area contributed by atoms with Crippen LogP contribution in [0.3, 0.4) is 0 Å². The van der Waals surface area contributed by atoms with Gasteiger partial charge in [0.2, 0.25) is 27.7 Å². The van der Waals surface area contributed by atoms with Crippen LogP contribution < -0.4 is 9.62 Å². The second-order valence-electron chi connectivity index (χ2n) is 10.7. The molecule has 12 heteroatoms. The van der Waals surface area contributed by atoms with E-state index in [9.17, 15) is 22.8 Å². The number of anilines is 1. The van der Waals surface area contributed by atoms with E-state index in [1.807, 2.05) is 35.2 Å². The van der Waals surface area contributed by atoms with E-state index >= 15 is 0 Å². The van der Waals surface area contributed by atoms with Crippen LogP contribution in [0.5, 0.6) is 0 Å². The average Bonchev–Trinajstić information content (AvgIpc) is 2.99. The lowest BCUT2D eigenvalue weighted by Gasteiger charge is -2.37. The number of para-hydroxylation sites is 1. The first-order valence-electron chi connectivity index (χ1n) is 13.9. The SMILES string of the molecule is CN(C(=O)CN1CCN(C(=O)CN2CCC[C@H](NS(=O)(=O)c3ccc4cc(Cl)ccc4c3)C2=O)CC1)c1ccccc1. The summed E-state index contributed by atoms with van der Waals surface area (Å²) in [5.41, 5.74) is 0.825. The second-order valence-corrected chi connectivity index (χ2v) is 12.8. The molecule has 3 aromatic rings. The molecule has 10 nitrogen and oxygen atoms in total. The lowest BCUT2D eigenvalue weighted by molar-refractivity contribution is -0.144. The molecular weight excluding hydrogens is 578 g/mol. The normalized spacial score (nSPS) is 18.3. The van der Waals surface area contributed by atoms with Gasteiger partial charge in [-0.1, -0.05) is 41.9 Å². The second kappa shape index (κ2) is 12.8. The van der Waals surface area contributed by atoms with Gasteiger partial charge in [0.25, 0.3) is 0 Å². The number of carbonyl (C=O) groups excluding carboxylic acids is 3. The van der Waals surface area contributed by atoms with Crippen molar-refractivity contribution in [3.05, 3.63) is 71.8 Å². The lowest BCUT2D eigenvalue weighted by Crippen LogP contribution is -2.56. The number of rotatable bonds is 8. The van der Waals surface area contributed by atoms with Crippen molar-refractivity contribution in [3.63, 3.8) is 0 Å². The number of hydrogen-bond acceptors (Lipinski definition) is 6. The first-order chi connectivity index (χ1) is 20.1. The first-order valence-corrected chi connectivity index (χ1v) is 15.8. The summed E-state index contributed by atoms with van der Waals surface area (Å²) in [6.07, 6.45) is 0.934. The van der Waals surface area contributed by atoms with Gasteiger partial charge >= 0.3 is 0 Å². The molecule has 1 N–H and O–H groups in total. The number of piperazine rings is 1. The highest BCUT2D eigenvalue weighted by molar-refractivity contribution is 7.89. The Labute approximate surface area is 250 Å². The highest BCUT2D eigenvalue weighted by atomic mass is 35.5. The zero-order valence-corrected chi connectivity index (χ0v) is 25.0. The van der Waals surface area contributed by atoms with Crippen molar-refractivity contribution in [2.45, 2.75) is 23.8 Å². The third kappa shape index (κ3) is 6.92. The molecule has 42 heavy (non-hydrogen) atoms. The minimum Gasteiger partial charge on any atom is -0.339 e. The fraction of sp³-hybridized carbons (Fsp3) is 0.367. The van der Waals surface area contributed by atoms with E-state index in [-0.39, 0.29) is 29.8 Å². The molecule has 2 saturated heterocycles. The van der Waals surface area contributed by atoms with Crippen molar-refractivity contribution < 1.29 is 22.8 Å². The maximum absolute atomic E-state index is 13.2. The van der Waals surface area contributed by atoms with Crippen LogP contribution in [0, 0.1) is 0 Å². The van der Waals surface area contributed by atoms with Gasteiger partial charge in [-0.05, 0) is 60.0 Å². The van der Waals surface area contributed by atoms with Crippen molar-refractivity contribution >= 4 is 55.8 Å². The summed E-state index contributed by atoms with van der Waals surface area (Å²) < 4.78 is 28.8. The first kappa shape index (κ1) is 30.0. The summed E-state index contributed by atoms with van der Waals surface area (Å²) in [5.74, 6) is -0.618. The topological polar surface area (TPSA) is 110 Å². The largest absolute Gasteiger partial charge is 0.339 e. The number of likely N-dealkylation sites (N-methyl/N-ethyl adjacent to an activating group) is 1. The van der Waals surface area contributed by atoms with Crippen LogP contribution >= 0.6 is 11.6 Å². The number of amides is 3. The zero-order chi connectivity index (χ0) is 29.9. The number of halogens is 1. The van der Waals surface area contributed by atoms with Gasteiger partial charge in [-0.3, -0.25) is 19.3 Å². The van der Waals surface area contributed by atoms with Crippen molar-refractivity contribution in [1.82, 2.24) is 19.4 Å². The molecule has 3 amide bonds. The number of benzene rings is 3. The number of nitrogens with one attached hydrogen (secondary N) is 1. The van der Waals surface area contributed by atoms with Crippen LogP contribution in [0.15, 0.2) is 71.6 Å². The lowest BCUT2D eigenvalue weighted by atomic mass is 10.1. The molecule has 3 aromatic carbocycles. The maximum Gasteiger partial charge on any atom is 0.242 e. The van der Waals surface area contributed by atoms with Gasteiger partial charge < -0.3 is 14.7 Å². The predicted octanol–water partition coefficient (Wildman–Crippen LogP) is 2.57. The number of nitrogens with zero attached hydrogens (tertiary/aromatic N) is 4. The van der Waals surface area contributed by atoms with Crippen molar-refractivity contribution in [2.24, 2.45) is 0 Å². The van der Waals surface area contributed by atoms with Crippen LogP contribution in [0.4, 0.5) is 5.69 Å². The summed E-state index contributed by atoms with van der Waals surface area (Å²) in [6.45, 7) is 2.54. The van der Waals surface area contributed by atoms with E-state index in [1.54, 1.807) is 47.2 Å². The molecule has 0 unspecified atom stereocenters. The molecule has 2 aliphatic heterocycles. The average molecular weight is 612 g/mol. The Bertz CT molecular complexity index is 1580. The maximum atomic E-state index is 13.2. The van der Waals surface area contributed by atoms with Crippen LogP contribution in [0.25, 0.3) is 10.8 Å². The number of likely N-dealkylation sites (tertiary alicyclic amines) is 1. The number of carbonyl (C=O) groups is 3. The minimum atomic E-state index is -3.97. The molecule has 0 spiro atoms. The molecule has 0 aliphatic carbocycles. The molecule has 2 aliphatic rings. The van der Waals surface area contributed by atoms with E-state index < -0.39 is 22.0 Å². The van der Waals surface area contributed by atoms with E-state index in [0.29, 0.717) is 50.6 Å². The highest BCUT2D eigenvalue weighted by Gasteiger charge is 2.34. The van der Waals surface area contributed by atoms with Crippen molar-refractivity contribution in [3.8, 4) is 0 Å². The van der Waals surface area contributed by atoms with Crippen LogP contribution in [0.2, 0.25) is 5.02 Å². The van der Waals surface area contributed by atoms with Crippen LogP contribution in [-0.4, -0.2) is 99.7 Å². The summed E-state index contributed by atoms with van der Waals surface area (Å²) in [6, 6.07) is 18.4. The van der Waals surface area contributed by atoms with E-state index in [2.05, 4.69) is 4.72 Å². The monoisotopic (exact) mass is 611 g/mol. The Hall–Kier alpha value is -3.51. The molecule has 0 radical (unpaired) electrons. The van der Waals surface area contributed by atoms with Gasteiger partial charge in [0, 0.05) is 50.5 Å². The summed E-state index contributed by atoms with van der Waals surface area (Å²) >= 11 is 6.03. The van der Waals surface area contributed by atoms with E-state index in [0.717, 1.165) is 16.5 Å². The fourth-order valence-corrected chi connectivity index (χ4v) is 6.77. The molecule has 222 valence electrons. The van der Waals surface area contributed by atoms with Crippen molar-refractivity contribution in [2.75, 3.05) is 57.8 Å². The van der Waals surface area contributed by atoms with Crippen LogP contribution in [-0.2, 0) is 24.4 Å². The molecule has 0 bridgehead atoms. The molecule has 2 fully saturated rings. The number of hydrogen-bond donors (Lipinski definition) is 1. The number of fused-ring (bicyclic) bond motifs is 1. The standard InChI is InChI=1S/C30H34ClN5O5S/c1-33(25-6-3-2-4-7-25)28(37)20-34-14-16-35(17-15-34)29(38)21-36-13-5-8-27(30(36)39)32-42(40,41)26-12-10-22-18-24(31)11-9-23(22)19-26/h2-4,6-7,9-12,18-19,27,32H,5,8,13-17,20-21H2,1H3/t27-/m0/s1. The Morgan fingerprint density at radius 3 is 2.36 bits per heavy atom. The summed E-state index contributed by atoms with van der Waals surface area (Å²) in [5, 5.41) is 2.09. The van der Waals surface area contributed by atoms with E-state index in [1.165, 1.54) is 11.0 Å². The third-order valence-electron chi connectivity index (χ3n) is 7.84. The smallest absolute Gasteiger partial charge is 0.242 e. The van der Waals surface area contributed by atoms with Crippen molar-refractivity contribution in [1.29, 1.82) is 0 Å². The molecule has 5 rings (SSSR count). The van der Waals surface area contributed by atoms with Gasteiger partial charge in [0.15, 0.2) is 0 Å². The van der Waals surface area contributed by atoms with Gasteiger partial charge in [-0.25, -0.2) is 8.42 Å². The molecule has 2 heterocycles. The quantitative estimate of drug-likeness (QED) is 0.419. The molecule has 1 atom stereocenters. The Balaban J connectivity index is 1.13. The third-order valence-corrected chi connectivity index (χ3v) is 9.54. The Kier molecular flexibility index (Phi) is 9.12. The van der Waals surface area contributed by atoms with Crippen LogP contribution in [0.1, 0.15) is 12.8 Å². The minimum absolute atomic E-state index is 0.0264. The van der Waals surface area contributed by atoms with Gasteiger partial charge in [-0.15, -0.1) is 0 Å². The zero-order valence-electron chi connectivity index (χ0n) is 23.4. The number of piperidine rings is 1. The van der Waals surface area contributed by atoms with Gasteiger partial charge in [0.1, 0.15) is 6.04 Å². The Morgan fingerprint density at radius 1 is 0.929 bits per heavy atom. The van der Waals surface area contributed by atoms with Gasteiger partial charge in [0.05, 0.1) is 18.0 Å². The predicted molar refractivity (Wildman–Crippen MR) is 162 cm³/mol. The molecular formula is C30H34ClN5O5S. The Morgan fingerprint density at radius 2 is 1.62 bits per heavy atom. The fourth-order valence-electron chi connectivity index (χ4n) is 5.34. The highest BCUT2D eigenvalue weighted by Crippen LogP contribution is 2.24. The summed E-state index contributed by atoms with van der Waals surface area (Å²) in [7, 11) is -2.22. The van der Waals surface area contributed by atoms with E-state index in [4.69, 9.17) is 11.6 Å². The molecule has 0 aromatic heterocycles. The summed E-state index contributed by atoms with van der Waals surface area (Å²) in [4.78, 5) is 45.9.